The van der Waals surface area contributed by atoms with E-state index >= 15 is 0 Å². The fourth-order valence-corrected chi connectivity index (χ4v) is 2.66. The SMILES string of the molecule is CCCn1c(=O)c(C2CCCO2)nc2ccccc21. The quantitative estimate of drug-likeness (QED) is 0.850. The van der Waals surface area contributed by atoms with Gasteiger partial charge in [0.1, 0.15) is 11.8 Å². The van der Waals surface area contributed by atoms with Crippen LogP contribution in [0.2, 0.25) is 0 Å². The van der Waals surface area contributed by atoms with Gasteiger partial charge in [0.2, 0.25) is 0 Å². The minimum atomic E-state index is -0.125. The van der Waals surface area contributed by atoms with Crippen LogP contribution in [0.5, 0.6) is 0 Å². The van der Waals surface area contributed by atoms with E-state index in [1.54, 1.807) is 0 Å². The third-order valence-corrected chi connectivity index (χ3v) is 3.56. The molecular weight excluding hydrogens is 240 g/mol. The highest BCUT2D eigenvalue weighted by molar-refractivity contribution is 5.74. The van der Waals surface area contributed by atoms with Crippen LogP contribution in [0, 0.1) is 0 Å². The lowest BCUT2D eigenvalue weighted by atomic mass is 10.1. The van der Waals surface area contributed by atoms with Crippen LogP contribution in [0.15, 0.2) is 29.1 Å². The molecule has 1 saturated heterocycles. The average Bonchev–Trinajstić information content (AvgIpc) is 2.95. The molecule has 0 N–H and O–H groups in total. The summed E-state index contributed by atoms with van der Waals surface area (Å²) in [6.07, 6.45) is 2.71. The molecule has 1 unspecified atom stereocenters. The van der Waals surface area contributed by atoms with Crippen molar-refractivity contribution in [2.24, 2.45) is 0 Å². The van der Waals surface area contributed by atoms with E-state index in [1.165, 1.54) is 0 Å². The lowest BCUT2D eigenvalue weighted by molar-refractivity contribution is 0.107. The lowest BCUT2D eigenvalue weighted by Crippen LogP contribution is -2.27. The lowest BCUT2D eigenvalue weighted by Gasteiger charge is -2.14. The monoisotopic (exact) mass is 258 g/mol. The van der Waals surface area contributed by atoms with Crippen LogP contribution >= 0.6 is 0 Å². The summed E-state index contributed by atoms with van der Waals surface area (Å²) in [6.45, 7) is 3.53. The van der Waals surface area contributed by atoms with Crippen LogP contribution in [0.4, 0.5) is 0 Å². The van der Waals surface area contributed by atoms with E-state index in [9.17, 15) is 4.79 Å². The van der Waals surface area contributed by atoms with Gasteiger partial charge in [0.05, 0.1) is 11.0 Å². The molecule has 3 rings (SSSR count). The smallest absolute Gasteiger partial charge is 0.275 e. The normalized spacial score (nSPS) is 19.1. The summed E-state index contributed by atoms with van der Waals surface area (Å²) < 4.78 is 7.46. The van der Waals surface area contributed by atoms with Gasteiger partial charge in [-0.1, -0.05) is 19.1 Å². The van der Waals surface area contributed by atoms with E-state index in [0.29, 0.717) is 5.69 Å². The Morgan fingerprint density at radius 2 is 2.26 bits per heavy atom. The number of aromatic nitrogens is 2. The van der Waals surface area contributed by atoms with Crippen molar-refractivity contribution in [2.45, 2.75) is 38.8 Å². The summed E-state index contributed by atoms with van der Waals surface area (Å²) in [5.41, 5.74) is 2.37. The molecule has 100 valence electrons. The molecule has 4 nitrogen and oxygen atoms in total. The Kier molecular flexibility index (Phi) is 3.34. The summed E-state index contributed by atoms with van der Waals surface area (Å²) >= 11 is 0. The standard InChI is InChI=1S/C15H18N2O2/c1-2-9-17-12-7-4-3-6-11(12)16-14(15(17)18)13-8-5-10-19-13/h3-4,6-7,13H,2,5,8-10H2,1H3. The summed E-state index contributed by atoms with van der Waals surface area (Å²) in [7, 11) is 0. The number of aryl methyl sites for hydroxylation is 1. The molecule has 0 spiro atoms. The second-order valence-electron chi connectivity index (χ2n) is 4.94. The first-order valence-electron chi connectivity index (χ1n) is 6.92. The number of ether oxygens (including phenoxy) is 1. The van der Waals surface area contributed by atoms with Crippen molar-refractivity contribution in [3.63, 3.8) is 0 Å². The molecule has 0 aliphatic carbocycles. The van der Waals surface area contributed by atoms with Crippen LogP contribution < -0.4 is 5.56 Å². The van der Waals surface area contributed by atoms with Crippen LogP contribution in [0.25, 0.3) is 11.0 Å². The van der Waals surface area contributed by atoms with Gasteiger partial charge in [0.15, 0.2) is 0 Å². The first-order valence-corrected chi connectivity index (χ1v) is 6.92. The van der Waals surface area contributed by atoms with E-state index in [4.69, 9.17) is 4.74 Å². The van der Waals surface area contributed by atoms with Gasteiger partial charge in [0, 0.05) is 13.2 Å². The zero-order valence-corrected chi connectivity index (χ0v) is 11.1. The zero-order chi connectivity index (χ0) is 13.2. The van der Waals surface area contributed by atoms with Crippen LogP contribution in [-0.4, -0.2) is 16.2 Å². The van der Waals surface area contributed by atoms with Crippen LogP contribution in [0.3, 0.4) is 0 Å². The number of hydrogen-bond acceptors (Lipinski definition) is 3. The maximum Gasteiger partial charge on any atom is 0.275 e. The van der Waals surface area contributed by atoms with E-state index in [1.807, 2.05) is 28.8 Å². The average molecular weight is 258 g/mol. The second kappa shape index (κ2) is 5.13. The van der Waals surface area contributed by atoms with Crippen molar-refractivity contribution in [1.82, 2.24) is 9.55 Å². The molecule has 1 aliphatic heterocycles. The van der Waals surface area contributed by atoms with Crippen molar-refractivity contribution in [1.29, 1.82) is 0 Å². The number of hydrogen-bond donors (Lipinski definition) is 0. The van der Waals surface area contributed by atoms with Gasteiger partial charge >= 0.3 is 0 Å². The molecule has 4 heteroatoms. The summed E-state index contributed by atoms with van der Waals surface area (Å²) in [5.74, 6) is 0. The first-order chi connectivity index (χ1) is 9.31. The van der Waals surface area contributed by atoms with Gasteiger partial charge in [-0.2, -0.15) is 0 Å². The number of fused-ring (bicyclic) bond motifs is 1. The van der Waals surface area contributed by atoms with Gasteiger partial charge < -0.3 is 9.30 Å². The molecule has 2 aromatic rings. The van der Waals surface area contributed by atoms with E-state index in [2.05, 4.69) is 11.9 Å². The van der Waals surface area contributed by atoms with E-state index < -0.39 is 0 Å². The highest BCUT2D eigenvalue weighted by atomic mass is 16.5. The zero-order valence-electron chi connectivity index (χ0n) is 11.1. The Balaban J connectivity index is 2.22. The Labute approximate surface area is 112 Å². The van der Waals surface area contributed by atoms with E-state index in [-0.39, 0.29) is 11.7 Å². The Hall–Kier alpha value is -1.68. The highest BCUT2D eigenvalue weighted by Crippen LogP contribution is 2.26. The molecule has 1 atom stereocenters. The van der Waals surface area contributed by atoms with Gasteiger partial charge in [-0.05, 0) is 31.4 Å². The van der Waals surface area contributed by atoms with Crippen molar-refractivity contribution < 1.29 is 4.74 Å². The molecule has 1 fully saturated rings. The predicted octanol–water partition coefficient (Wildman–Crippen LogP) is 2.66. The molecule has 1 aromatic heterocycles. The van der Waals surface area contributed by atoms with Crippen molar-refractivity contribution in [3.8, 4) is 0 Å². The molecule has 1 aromatic carbocycles. The van der Waals surface area contributed by atoms with Crippen LogP contribution in [-0.2, 0) is 11.3 Å². The number of para-hydroxylation sites is 2. The molecule has 0 radical (unpaired) electrons. The molecular formula is C15H18N2O2. The molecule has 0 amide bonds. The Morgan fingerprint density at radius 1 is 1.42 bits per heavy atom. The second-order valence-corrected chi connectivity index (χ2v) is 4.94. The Bertz CT molecular complexity index is 642. The molecule has 0 bridgehead atoms. The third-order valence-electron chi connectivity index (χ3n) is 3.56. The number of rotatable bonds is 3. The van der Waals surface area contributed by atoms with Gasteiger partial charge in [-0.3, -0.25) is 4.79 Å². The Morgan fingerprint density at radius 3 is 3.00 bits per heavy atom. The van der Waals surface area contributed by atoms with Crippen molar-refractivity contribution >= 4 is 11.0 Å². The summed E-state index contributed by atoms with van der Waals surface area (Å²) in [5, 5.41) is 0. The third kappa shape index (κ3) is 2.16. The maximum atomic E-state index is 12.6. The molecule has 19 heavy (non-hydrogen) atoms. The van der Waals surface area contributed by atoms with Gasteiger partial charge in [-0.15, -0.1) is 0 Å². The maximum absolute atomic E-state index is 12.6. The van der Waals surface area contributed by atoms with Gasteiger partial charge in [-0.25, -0.2) is 4.98 Å². The van der Waals surface area contributed by atoms with Crippen molar-refractivity contribution in [3.05, 3.63) is 40.3 Å². The summed E-state index contributed by atoms with van der Waals surface area (Å²) in [4.78, 5) is 17.1. The van der Waals surface area contributed by atoms with Crippen molar-refractivity contribution in [2.75, 3.05) is 6.61 Å². The molecule has 1 aliphatic rings. The fraction of sp³-hybridized carbons (Fsp3) is 0.467. The van der Waals surface area contributed by atoms with E-state index in [0.717, 1.165) is 43.4 Å². The van der Waals surface area contributed by atoms with Gasteiger partial charge in [0.25, 0.3) is 5.56 Å². The molecule has 0 saturated carbocycles. The minimum absolute atomic E-state index is 0.00690. The summed E-state index contributed by atoms with van der Waals surface area (Å²) in [6, 6.07) is 7.81. The topological polar surface area (TPSA) is 44.1 Å². The fourth-order valence-electron chi connectivity index (χ4n) is 2.66. The van der Waals surface area contributed by atoms with Crippen LogP contribution in [0.1, 0.15) is 38.0 Å². The number of benzene rings is 1. The first kappa shape index (κ1) is 12.4. The minimum Gasteiger partial charge on any atom is -0.372 e. The largest absolute Gasteiger partial charge is 0.372 e. The predicted molar refractivity (Wildman–Crippen MR) is 74.2 cm³/mol. The molecule has 2 heterocycles. The highest BCUT2D eigenvalue weighted by Gasteiger charge is 2.24. The number of nitrogens with zero attached hydrogens (tertiary/aromatic N) is 2.